The molecule has 0 radical (unpaired) electrons. The number of amides is 1. The van der Waals surface area contributed by atoms with Gasteiger partial charge in [0.05, 0.1) is 17.3 Å². The van der Waals surface area contributed by atoms with Gasteiger partial charge in [0.25, 0.3) is 0 Å². The molecule has 2 aromatic carbocycles. The number of hydrogen-bond donors (Lipinski definition) is 2. The Morgan fingerprint density at radius 2 is 1.91 bits per heavy atom. The first kappa shape index (κ1) is 19.3. The van der Waals surface area contributed by atoms with Crippen LogP contribution in [0.5, 0.6) is 5.75 Å². The van der Waals surface area contributed by atoms with Crippen molar-refractivity contribution in [2.45, 2.75) is 19.4 Å². The Balaban J connectivity index is 0.00000264. The minimum Gasteiger partial charge on any atom is -0.490 e. The van der Waals surface area contributed by atoms with Gasteiger partial charge in [-0.15, -0.1) is 12.4 Å². The standard InChI is InChI=1S/C17H19ClN2O2.ClH/c1-2-11-22-16-13(18)9-6-10-14(16)20-17(21)15(19)12-7-4-3-5-8-12;/h3-10,15H,2,11,19H2,1H3,(H,20,21);1H/t15-;/m1./s1. The van der Waals surface area contributed by atoms with Gasteiger partial charge in [0.2, 0.25) is 5.91 Å². The van der Waals surface area contributed by atoms with Crippen LogP contribution in [0.1, 0.15) is 24.9 Å². The third-order valence-corrected chi connectivity index (χ3v) is 3.41. The maximum Gasteiger partial charge on any atom is 0.245 e. The number of carbonyl (C=O) groups is 1. The van der Waals surface area contributed by atoms with Gasteiger partial charge in [-0.3, -0.25) is 4.79 Å². The van der Waals surface area contributed by atoms with Crippen molar-refractivity contribution in [1.82, 2.24) is 0 Å². The molecule has 3 N–H and O–H groups in total. The zero-order chi connectivity index (χ0) is 15.9. The highest BCUT2D eigenvalue weighted by molar-refractivity contribution is 6.32. The highest BCUT2D eigenvalue weighted by Crippen LogP contribution is 2.33. The molecule has 23 heavy (non-hydrogen) atoms. The first-order valence-electron chi connectivity index (χ1n) is 7.16. The molecule has 0 heterocycles. The second kappa shape index (κ2) is 9.40. The third kappa shape index (κ3) is 5.13. The van der Waals surface area contributed by atoms with E-state index in [1.54, 1.807) is 18.2 Å². The molecule has 1 atom stereocenters. The summed E-state index contributed by atoms with van der Waals surface area (Å²) in [5.41, 5.74) is 7.26. The summed E-state index contributed by atoms with van der Waals surface area (Å²) in [6.07, 6.45) is 0.849. The summed E-state index contributed by atoms with van der Waals surface area (Å²) in [7, 11) is 0. The van der Waals surface area contributed by atoms with Gasteiger partial charge < -0.3 is 15.8 Å². The lowest BCUT2D eigenvalue weighted by atomic mass is 10.1. The monoisotopic (exact) mass is 354 g/mol. The van der Waals surface area contributed by atoms with Crippen molar-refractivity contribution >= 4 is 35.6 Å². The minimum absolute atomic E-state index is 0. The Morgan fingerprint density at radius 3 is 2.57 bits per heavy atom. The minimum atomic E-state index is -0.751. The molecule has 0 unspecified atom stereocenters. The van der Waals surface area contributed by atoms with Crippen LogP contribution in [0, 0.1) is 0 Å². The number of nitrogens with two attached hydrogens (primary N) is 1. The topological polar surface area (TPSA) is 64.3 Å². The number of benzene rings is 2. The number of nitrogens with one attached hydrogen (secondary N) is 1. The van der Waals surface area contributed by atoms with E-state index < -0.39 is 6.04 Å². The quantitative estimate of drug-likeness (QED) is 0.817. The molecule has 124 valence electrons. The van der Waals surface area contributed by atoms with Crippen LogP contribution in [0.3, 0.4) is 0 Å². The number of carbonyl (C=O) groups excluding carboxylic acids is 1. The summed E-state index contributed by atoms with van der Waals surface area (Å²) in [5.74, 6) is 0.162. The number of rotatable bonds is 6. The summed E-state index contributed by atoms with van der Waals surface area (Å²) in [4.78, 5) is 12.3. The fraction of sp³-hybridized carbons (Fsp3) is 0.235. The van der Waals surface area contributed by atoms with E-state index in [9.17, 15) is 4.79 Å². The summed E-state index contributed by atoms with van der Waals surface area (Å²) in [6, 6.07) is 13.7. The van der Waals surface area contributed by atoms with Crippen LogP contribution >= 0.6 is 24.0 Å². The third-order valence-electron chi connectivity index (χ3n) is 3.12. The second-order valence-electron chi connectivity index (χ2n) is 4.84. The molecular formula is C17H20Cl2N2O2. The van der Waals surface area contributed by atoms with Crippen molar-refractivity contribution in [2.75, 3.05) is 11.9 Å². The molecule has 0 aliphatic rings. The smallest absolute Gasteiger partial charge is 0.245 e. The predicted octanol–water partition coefficient (Wildman–Crippen LogP) is 4.19. The van der Waals surface area contributed by atoms with Gasteiger partial charge in [0.1, 0.15) is 6.04 Å². The van der Waals surface area contributed by atoms with Crippen molar-refractivity contribution in [1.29, 1.82) is 0 Å². The second-order valence-corrected chi connectivity index (χ2v) is 5.25. The summed E-state index contributed by atoms with van der Waals surface area (Å²) in [5, 5.41) is 3.24. The van der Waals surface area contributed by atoms with E-state index in [-0.39, 0.29) is 18.3 Å². The fourth-order valence-electron chi connectivity index (χ4n) is 1.98. The van der Waals surface area contributed by atoms with Gasteiger partial charge in [0, 0.05) is 0 Å². The fourth-order valence-corrected chi connectivity index (χ4v) is 2.21. The number of hydrogen-bond acceptors (Lipinski definition) is 3. The average Bonchev–Trinajstić information content (AvgIpc) is 2.54. The van der Waals surface area contributed by atoms with Crippen molar-refractivity contribution in [2.24, 2.45) is 5.73 Å². The molecule has 0 aliphatic carbocycles. The van der Waals surface area contributed by atoms with Crippen LogP contribution in [0.15, 0.2) is 48.5 Å². The van der Waals surface area contributed by atoms with E-state index in [1.807, 2.05) is 37.3 Å². The Bertz CT molecular complexity index is 636. The van der Waals surface area contributed by atoms with E-state index in [2.05, 4.69) is 5.32 Å². The van der Waals surface area contributed by atoms with Crippen LogP contribution in [0.25, 0.3) is 0 Å². The van der Waals surface area contributed by atoms with E-state index in [0.29, 0.717) is 23.1 Å². The van der Waals surface area contributed by atoms with Gasteiger partial charge in [0.15, 0.2) is 5.75 Å². The zero-order valence-corrected chi connectivity index (χ0v) is 14.4. The van der Waals surface area contributed by atoms with E-state index >= 15 is 0 Å². The van der Waals surface area contributed by atoms with Crippen LogP contribution < -0.4 is 15.8 Å². The molecule has 1 amide bonds. The van der Waals surface area contributed by atoms with Crippen molar-refractivity contribution < 1.29 is 9.53 Å². The van der Waals surface area contributed by atoms with Crippen LogP contribution in [0.2, 0.25) is 5.02 Å². The van der Waals surface area contributed by atoms with Crippen LogP contribution in [-0.4, -0.2) is 12.5 Å². The first-order chi connectivity index (χ1) is 10.6. The Labute approximate surface area is 147 Å². The molecular weight excluding hydrogens is 335 g/mol. The molecule has 2 rings (SSSR count). The van der Waals surface area contributed by atoms with Gasteiger partial charge in [-0.05, 0) is 24.1 Å². The first-order valence-corrected chi connectivity index (χ1v) is 7.54. The number of para-hydroxylation sites is 1. The van der Waals surface area contributed by atoms with Crippen molar-refractivity contribution in [3.05, 3.63) is 59.1 Å². The molecule has 0 saturated carbocycles. The van der Waals surface area contributed by atoms with Gasteiger partial charge >= 0.3 is 0 Å². The summed E-state index contributed by atoms with van der Waals surface area (Å²) < 4.78 is 5.62. The van der Waals surface area contributed by atoms with Crippen LogP contribution in [-0.2, 0) is 4.79 Å². The lowest BCUT2D eigenvalue weighted by molar-refractivity contribution is -0.117. The summed E-state index contributed by atoms with van der Waals surface area (Å²) >= 11 is 6.14. The number of anilines is 1. The van der Waals surface area contributed by atoms with E-state index in [0.717, 1.165) is 12.0 Å². The molecule has 0 saturated heterocycles. The molecule has 0 bridgehead atoms. The lowest BCUT2D eigenvalue weighted by Gasteiger charge is -2.16. The number of halogens is 2. The highest BCUT2D eigenvalue weighted by atomic mass is 35.5. The predicted molar refractivity (Wildman–Crippen MR) is 96.5 cm³/mol. The molecule has 2 aromatic rings. The van der Waals surface area contributed by atoms with Gasteiger partial charge in [-0.2, -0.15) is 0 Å². The molecule has 6 heteroatoms. The Kier molecular flexibility index (Phi) is 7.89. The van der Waals surface area contributed by atoms with Gasteiger partial charge in [-0.1, -0.05) is 54.9 Å². The van der Waals surface area contributed by atoms with Crippen molar-refractivity contribution in [3.8, 4) is 5.75 Å². The average molecular weight is 355 g/mol. The maximum absolute atomic E-state index is 12.3. The number of ether oxygens (including phenoxy) is 1. The Morgan fingerprint density at radius 1 is 1.22 bits per heavy atom. The SMILES string of the molecule is CCCOc1c(Cl)cccc1NC(=O)[C@H](N)c1ccccc1.Cl. The van der Waals surface area contributed by atoms with E-state index in [1.165, 1.54) is 0 Å². The molecule has 0 spiro atoms. The van der Waals surface area contributed by atoms with Crippen molar-refractivity contribution in [3.63, 3.8) is 0 Å². The molecule has 0 fully saturated rings. The Hall–Kier alpha value is -1.75. The van der Waals surface area contributed by atoms with Crippen LogP contribution in [0.4, 0.5) is 5.69 Å². The lowest BCUT2D eigenvalue weighted by Crippen LogP contribution is -2.27. The maximum atomic E-state index is 12.3. The largest absolute Gasteiger partial charge is 0.490 e. The highest BCUT2D eigenvalue weighted by Gasteiger charge is 2.18. The zero-order valence-electron chi connectivity index (χ0n) is 12.8. The molecule has 0 aliphatic heterocycles. The van der Waals surface area contributed by atoms with Gasteiger partial charge in [-0.25, -0.2) is 0 Å². The summed E-state index contributed by atoms with van der Waals surface area (Å²) in [6.45, 7) is 2.53. The normalized spacial score (nSPS) is 11.3. The van der Waals surface area contributed by atoms with E-state index in [4.69, 9.17) is 22.1 Å². The molecule has 0 aromatic heterocycles. The molecule has 4 nitrogen and oxygen atoms in total.